The van der Waals surface area contributed by atoms with E-state index in [1.165, 1.54) is 0 Å². The normalized spacial score (nSPS) is 28.9. The Morgan fingerprint density at radius 2 is 2.39 bits per heavy atom. The van der Waals surface area contributed by atoms with Gasteiger partial charge in [0.1, 0.15) is 11.8 Å². The molecule has 1 N–H and O–H groups in total. The molecule has 1 aliphatic carbocycles. The van der Waals surface area contributed by atoms with Gasteiger partial charge in [-0.05, 0) is 18.9 Å². The number of morpholine rings is 1. The van der Waals surface area contributed by atoms with Crippen molar-refractivity contribution in [2.45, 2.75) is 31.3 Å². The Kier molecular flexibility index (Phi) is 3.09. The van der Waals surface area contributed by atoms with Crippen LogP contribution < -0.4 is 0 Å². The second kappa shape index (κ2) is 4.74. The minimum absolute atomic E-state index is 0.164. The summed E-state index contributed by atoms with van der Waals surface area (Å²) in [4.78, 5) is 13.4. The van der Waals surface area contributed by atoms with Crippen molar-refractivity contribution in [2.75, 3.05) is 19.8 Å². The van der Waals surface area contributed by atoms with Crippen LogP contribution in [0, 0.1) is 0 Å². The van der Waals surface area contributed by atoms with Crippen LogP contribution in [-0.2, 0) is 16.0 Å². The van der Waals surface area contributed by atoms with E-state index in [1.807, 2.05) is 6.07 Å². The fourth-order valence-electron chi connectivity index (χ4n) is 3.01. The molecule has 3 rings (SSSR count). The van der Waals surface area contributed by atoms with E-state index in [9.17, 15) is 9.90 Å². The summed E-state index contributed by atoms with van der Waals surface area (Å²) in [5, 5.41) is 9.29. The molecule has 0 bridgehead atoms. The van der Waals surface area contributed by atoms with Crippen LogP contribution in [0.2, 0.25) is 0 Å². The molecule has 5 nitrogen and oxygen atoms in total. The first-order chi connectivity index (χ1) is 8.77. The molecule has 98 valence electrons. The number of carboxylic acid groups (broad SMARTS) is 1. The van der Waals surface area contributed by atoms with Crippen molar-refractivity contribution in [3.8, 4) is 0 Å². The average Bonchev–Trinajstić information content (AvgIpc) is 2.86. The summed E-state index contributed by atoms with van der Waals surface area (Å²) in [5.41, 5.74) is 1.16. The second-order valence-electron chi connectivity index (χ2n) is 4.87. The highest BCUT2D eigenvalue weighted by Crippen LogP contribution is 2.36. The number of ether oxygens (including phenoxy) is 1. The second-order valence-corrected chi connectivity index (χ2v) is 4.87. The fraction of sp³-hybridized carbons (Fsp3) is 0.615. The van der Waals surface area contributed by atoms with Gasteiger partial charge in [-0.2, -0.15) is 0 Å². The maximum atomic E-state index is 11.3. The standard InChI is InChI=1S/C13H17NO4/c15-13(16)11-8-17-7-5-14(11)10-2-1-3-12-9(10)4-6-18-12/h4,6,10-11H,1-3,5,7-8H2,(H,15,16). The van der Waals surface area contributed by atoms with Gasteiger partial charge in [0.15, 0.2) is 0 Å². The Balaban J connectivity index is 1.88. The van der Waals surface area contributed by atoms with E-state index < -0.39 is 12.0 Å². The Labute approximate surface area is 105 Å². The highest BCUT2D eigenvalue weighted by atomic mass is 16.5. The summed E-state index contributed by atoms with van der Waals surface area (Å²) in [7, 11) is 0. The van der Waals surface area contributed by atoms with Gasteiger partial charge in [0.2, 0.25) is 0 Å². The van der Waals surface area contributed by atoms with Crippen molar-refractivity contribution in [3.05, 3.63) is 23.7 Å². The summed E-state index contributed by atoms with van der Waals surface area (Å²) in [5.74, 6) is 0.215. The first-order valence-corrected chi connectivity index (χ1v) is 6.40. The minimum atomic E-state index is -0.801. The topological polar surface area (TPSA) is 62.9 Å². The van der Waals surface area contributed by atoms with Crippen LogP contribution in [0.25, 0.3) is 0 Å². The average molecular weight is 251 g/mol. The van der Waals surface area contributed by atoms with Gasteiger partial charge in [-0.1, -0.05) is 0 Å². The minimum Gasteiger partial charge on any atom is -0.480 e. The molecule has 2 atom stereocenters. The molecule has 1 fully saturated rings. The summed E-state index contributed by atoms with van der Waals surface area (Å²) in [6.07, 6.45) is 4.71. The number of hydrogen-bond donors (Lipinski definition) is 1. The zero-order chi connectivity index (χ0) is 12.5. The van der Waals surface area contributed by atoms with E-state index in [0.29, 0.717) is 13.2 Å². The number of rotatable bonds is 2. The summed E-state index contributed by atoms with van der Waals surface area (Å²) in [6, 6.07) is 1.61. The Morgan fingerprint density at radius 3 is 3.22 bits per heavy atom. The molecule has 0 spiro atoms. The monoisotopic (exact) mass is 251 g/mol. The van der Waals surface area contributed by atoms with E-state index in [1.54, 1.807) is 6.26 Å². The molecule has 0 saturated carbocycles. The van der Waals surface area contributed by atoms with Crippen LogP contribution in [-0.4, -0.2) is 41.8 Å². The quantitative estimate of drug-likeness (QED) is 0.861. The van der Waals surface area contributed by atoms with Crippen LogP contribution in [0.15, 0.2) is 16.7 Å². The van der Waals surface area contributed by atoms with Crippen molar-refractivity contribution >= 4 is 5.97 Å². The third-order valence-electron chi connectivity index (χ3n) is 3.88. The molecule has 1 aliphatic heterocycles. The van der Waals surface area contributed by atoms with Gasteiger partial charge in [0, 0.05) is 24.6 Å². The molecule has 0 radical (unpaired) electrons. The maximum absolute atomic E-state index is 11.3. The smallest absolute Gasteiger partial charge is 0.323 e. The lowest BCUT2D eigenvalue weighted by molar-refractivity contribution is -0.152. The largest absolute Gasteiger partial charge is 0.480 e. The van der Waals surface area contributed by atoms with Crippen molar-refractivity contribution in [2.24, 2.45) is 0 Å². The number of aryl methyl sites for hydroxylation is 1. The highest BCUT2D eigenvalue weighted by Gasteiger charge is 2.37. The lowest BCUT2D eigenvalue weighted by Gasteiger charge is -2.40. The molecule has 1 aromatic rings. The number of carboxylic acids is 1. The summed E-state index contributed by atoms with van der Waals surface area (Å²) >= 11 is 0. The van der Waals surface area contributed by atoms with E-state index in [2.05, 4.69) is 4.90 Å². The highest BCUT2D eigenvalue weighted by molar-refractivity contribution is 5.73. The van der Waals surface area contributed by atoms with Gasteiger partial charge >= 0.3 is 5.97 Å². The van der Waals surface area contributed by atoms with Gasteiger partial charge in [-0.3, -0.25) is 9.69 Å². The predicted molar refractivity (Wildman–Crippen MR) is 63.3 cm³/mol. The predicted octanol–water partition coefficient (Wildman–Crippen LogP) is 1.44. The zero-order valence-corrected chi connectivity index (χ0v) is 10.2. The molecule has 2 heterocycles. The van der Waals surface area contributed by atoms with E-state index in [4.69, 9.17) is 9.15 Å². The number of carbonyl (C=O) groups is 1. The summed E-state index contributed by atoms with van der Waals surface area (Å²) < 4.78 is 10.8. The van der Waals surface area contributed by atoms with Crippen LogP contribution in [0.3, 0.4) is 0 Å². The van der Waals surface area contributed by atoms with Crippen LogP contribution >= 0.6 is 0 Å². The molecular formula is C13H17NO4. The SMILES string of the molecule is O=C(O)C1COCCN1C1CCCc2occc21. The molecule has 2 unspecified atom stereocenters. The fourth-order valence-corrected chi connectivity index (χ4v) is 3.01. The molecule has 18 heavy (non-hydrogen) atoms. The van der Waals surface area contributed by atoms with E-state index in [0.717, 1.165) is 30.6 Å². The zero-order valence-electron chi connectivity index (χ0n) is 10.2. The van der Waals surface area contributed by atoms with Crippen LogP contribution in [0.5, 0.6) is 0 Å². The van der Waals surface area contributed by atoms with Gasteiger partial charge in [-0.15, -0.1) is 0 Å². The van der Waals surface area contributed by atoms with Crippen LogP contribution in [0.1, 0.15) is 30.2 Å². The molecule has 1 aromatic heterocycles. The van der Waals surface area contributed by atoms with Crippen molar-refractivity contribution in [1.82, 2.24) is 4.90 Å². The lowest BCUT2D eigenvalue weighted by Crippen LogP contribution is -2.51. The first kappa shape index (κ1) is 11.7. The van der Waals surface area contributed by atoms with E-state index in [-0.39, 0.29) is 12.6 Å². The van der Waals surface area contributed by atoms with Gasteiger partial charge in [0.25, 0.3) is 0 Å². The number of nitrogens with zero attached hydrogens (tertiary/aromatic N) is 1. The van der Waals surface area contributed by atoms with Gasteiger partial charge in [0.05, 0.1) is 19.5 Å². The third-order valence-corrected chi connectivity index (χ3v) is 3.88. The van der Waals surface area contributed by atoms with Crippen molar-refractivity contribution in [1.29, 1.82) is 0 Å². The molecule has 5 heteroatoms. The Hall–Kier alpha value is -1.33. The number of furan rings is 1. The van der Waals surface area contributed by atoms with Crippen LogP contribution in [0.4, 0.5) is 0 Å². The van der Waals surface area contributed by atoms with Gasteiger partial charge < -0.3 is 14.3 Å². The molecule has 0 amide bonds. The number of hydrogen-bond acceptors (Lipinski definition) is 4. The van der Waals surface area contributed by atoms with E-state index >= 15 is 0 Å². The van der Waals surface area contributed by atoms with Crippen molar-refractivity contribution < 1.29 is 19.1 Å². The molecule has 1 saturated heterocycles. The Morgan fingerprint density at radius 1 is 1.50 bits per heavy atom. The number of fused-ring (bicyclic) bond motifs is 1. The molecule has 0 aromatic carbocycles. The maximum Gasteiger partial charge on any atom is 0.323 e. The van der Waals surface area contributed by atoms with Gasteiger partial charge in [-0.25, -0.2) is 0 Å². The Bertz CT molecular complexity index is 442. The summed E-state index contributed by atoms with van der Waals surface area (Å²) in [6.45, 7) is 1.55. The first-order valence-electron chi connectivity index (χ1n) is 6.40. The third kappa shape index (κ3) is 1.93. The number of aliphatic carboxylic acids is 1. The molecule has 2 aliphatic rings. The molecular weight excluding hydrogens is 234 g/mol. The van der Waals surface area contributed by atoms with Crippen molar-refractivity contribution in [3.63, 3.8) is 0 Å². The lowest BCUT2D eigenvalue weighted by atomic mass is 9.91.